The Morgan fingerprint density at radius 1 is 1.00 bits per heavy atom. The molecule has 1 saturated carbocycles. The number of ether oxygens (including phenoxy) is 1. The first kappa shape index (κ1) is 25.6. The van der Waals surface area contributed by atoms with E-state index in [1.54, 1.807) is 6.07 Å². The van der Waals surface area contributed by atoms with E-state index in [9.17, 15) is 18.0 Å². The Hall–Kier alpha value is -3.08. The van der Waals surface area contributed by atoms with Gasteiger partial charge in [0.2, 0.25) is 0 Å². The molecule has 2 aliphatic rings. The van der Waals surface area contributed by atoms with Crippen LogP contribution >= 0.6 is 0 Å². The van der Waals surface area contributed by atoms with Crippen molar-refractivity contribution < 1.29 is 22.7 Å². The van der Waals surface area contributed by atoms with Gasteiger partial charge in [-0.1, -0.05) is 67.9 Å². The molecular weight excluding hydrogens is 473 g/mol. The number of hydrogen-bond acceptors (Lipinski definition) is 2. The Morgan fingerprint density at radius 3 is 2.46 bits per heavy atom. The second kappa shape index (κ2) is 9.34. The molecule has 0 radical (unpaired) electrons. The van der Waals surface area contributed by atoms with Gasteiger partial charge in [0.05, 0.1) is 18.1 Å². The number of aryl methyl sites for hydroxylation is 1. The summed E-state index contributed by atoms with van der Waals surface area (Å²) in [5.74, 6) is 0.0104. The SMILES string of the molecule is COC(=O)[C@@]1(C)CCCC2(C)c3cc(-c4ccc(C(F)(F)F)cc4Cc4ccccc4)ccc3CCC21. The van der Waals surface area contributed by atoms with E-state index in [-0.39, 0.29) is 17.3 Å². The predicted octanol–water partition coefficient (Wildman–Crippen LogP) is 8.15. The van der Waals surface area contributed by atoms with Crippen LogP contribution in [0.5, 0.6) is 0 Å². The number of alkyl halides is 3. The summed E-state index contributed by atoms with van der Waals surface area (Å²) in [6.07, 6.45) is 0.542. The normalized spacial score (nSPS) is 25.2. The zero-order valence-electron chi connectivity index (χ0n) is 21.6. The summed E-state index contributed by atoms with van der Waals surface area (Å²) in [4.78, 5) is 12.9. The third kappa shape index (κ3) is 4.47. The predicted molar refractivity (Wildman–Crippen MR) is 139 cm³/mol. The second-order valence-corrected chi connectivity index (χ2v) is 11.2. The monoisotopic (exact) mass is 506 g/mol. The van der Waals surface area contributed by atoms with Crippen LogP contribution in [0.1, 0.15) is 67.3 Å². The Kier molecular flexibility index (Phi) is 6.45. The smallest absolute Gasteiger partial charge is 0.416 e. The van der Waals surface area contributed by atoms with Crippen molar-refractivity contribution in [2.24, 2.45) is 11.3 Å². The molecule has 1 fully saturated rings. The van der Waals surface area contributed by atoms with E-state index in [2.05, 4.69) is 19.1 Å². The molecule has 5 heteroatoms. The average Bonchev–Trinajstić information content (AvgIpc) is 2.88. The minimum Gasteiger partial charge on any atom is -0.469 e. The molecule has 2 unspecified atom stereocenters. The van der Waals surface area contributed by atoms with E-state index in [4.69, 9.17) is 4.74 Å². The molecule has 0 heterocycles. The first-order valence-electron chi connectivity index (χ1n) is 13.0. The van der Waals surface area contributed by atoms with Gasteiger partial charge in [0.15, 0.2) is 0 Å². The fraction of sp³-hybridized carbons (Fsp3) is 0.406. The summed E-state index contributed by atoms with van der Waals surface area (Å²) in [6.45, 7) is 4.31. The van der Waals surface area contributed by atoms with E-state index >= 15 is 0 Å². The van der Waals surface area contributed by atoms with Crippen molar-refractivity contribution in [3.8, 4) is 11.1 Å². The number of fused-ring (bicyclic) bond motifs is 3. The standard InChI is InChI=1S/C32H33F3O2/c1-30-16-7-17-31(2,29(36)37-3)28(30)15-12-22-10-11-23(20-27(22)30)26-14-13-25(32(33,34)35)19-24(26)18-21-8-5-4-6-9-21/h4-6,8-11,13-14,19-20,28H,7,12,15-18H2,1-3H3/t28?,30?,31-/m0/s1. The molecule has 3 aromatic rings. The molecular formula is C32H33F3O2. The van der Waals surface area contributed by atoms with Crippen molar-refractivity contribution in [3.63, 3.8) is 0 Å². The fourth-order valence-electron chi connectivity index (χ4n) is 7.12. The zero-order chi connectivity index (χ0) is 26.4. The highest BCUT2D eigenvalue weighted by atomic mass is 19.4. The molecule has 37 heavy (non-hydrogen) atoms. The van der Waals surface area contributed by atoms with E-state index in [0.29, 0.717) is 12.0 Å². The Bertz CT molecular complexity index is 1310. The van der Waals surface area contributed by atoms with Crippen LogP contribution < -0.4 is 0 Å². The molecule has 0 saturated heterocycles. The molecule has 0 N–H and O–H groups in total. The van der Waals surface area contributed by atoms with Gasteiger partial charge in [0.25, 0.3) is 0 Å². The average molecular weight is 507 g/mol. The number of hydrogen-bond donors (Lipinski definition) is 0. The van der Waals surface area contributed by atoms with Gasteiger partial charge >= 0.3 is 12.1 Å². The highest BCUT2D eigenvalue weighted by molar-refractivity contribution is 5.78. The molecule has 3 atom stereocenters. The summed E-state index contributed by atoms with van der Waals surface area (Å²) < 4.78 is 46.1. The molecule has 0 aliphatic heterocycles. The van der Waals surface area contributed by atoms with E-state index in [1.807, 2.05) is 43.3 Å². The molecule has 2 aliphatic carbocycles. The zero-order valence-corrected chi connectivity index (χ0v) is 21.6. The summed E-state index contributed by atoms with van der Waals surface area (Å²) in [5.41, 5.74) is 4.49. The van der Waals surface area contributed by atoms with Gasteiger partial charge in [-0.2, -0.15) is 13.2 Å². The highest BCUT2D eigenvalue weighted by Crippen LogP contribution is 2.58. The van der Waals surface area contributed by atoms with Crippen molar-refractivity contribution in [1.82, 2.24) is 0 Å². The maximum Gasteiger partial charge on any atom is 0.416 e. The number of carbonyl (C=O) groups is 1. The van der Waals surface area contributed by atoms with Crippen LogP contribution in [0.25, 0.3) is 11.1 Å². The lowest BCUT2D eigenvalue weighted by Crippen LogP contribution is -2.52. The molecule has 0 aromatic heterocycles. The fourth-order valence-corrected chi connectivity index (χ4v) is 7.12. The van der Waals surface area contributed by atoms with Crippen molar-refractivity contribution >= 4 is 5.97 Å². The lowest BCUT2D eigenvalue weighted by molar-refractivity contribution is -0.161. The van der Waals surface area contributed by atoms with Crippen LogP contribution in [-0.2, 0) is 34.0 Å². The number of halogens is 3. The third-order valence-electron chi connectivity index (χ3n) is 8.99. The Morgan fingerprint density at radius 2 is 1.76 bits per heavy atom. The number of esters is 1. The van der Waals surface area contributed by atoms with E-state index < -0.39 is 17.2 Å². The van der Waals surface area contributed by atoms with Crippen molar-refractivity contribution in [3.05, 3.63) is 94.5 Å². The molecule has 0 spiro atoms. The van der Waals surface area contributed by atoms with Crippen LogP contribution in [0, 0.1) is 11.3 Å². The number of benzene rings is 3. The third-order valence-corrected chi connectivity index (χ3v) is 8.99. The van der Waals surface area contributed by atoms with Crippen LogP contribution in [0.2, 0.25) is 0 Å². The molecule has 0 bridgehead atoms. The van der Waals surface area contributed by atoms with Crippen LogP contribution in [0.15, 0.2) is 66.7 Å². The minimum atomic E-state index is -4.40. The largest absolute Gasteiger partial charge is 0.469 e. The number of methoxy groups -OCH3 is 1. The molecule has 2 nitrogen and oxygen atoms in total. The van der Waals surface area contributed by atoms with Gasteiger partial charge in [0, 0.05) is 0 Å². The van der Waals surface area contributed by atoms with Gasteiger partial charge in [-0.15, -0.1) is 0 Å². The Balaban J connectivity index is 1.61. The van der Waals surface area contributed by atoms with Crippen LogP contribution in [0.3, 0.4) is 0 Å². The van der Waals surface area contributed by atoms with Crippen molar-refractivity contribution in [1.29, 1.82) is 0 Å². The van der Waals surface area contributed by atoms with E-state index in [1.165, 1.54) is 30.4 Å². The second-order valence-electron chi connectivity index (χ2n) is 11.2. The van der Waals surface area contributed by atoms with Gasteiger partial charge in [-0.3, -0.25) is 4.79 Å². The van der Waals surface area contributed by atoms with Crippen LogP contribution in [0.4, 0.5) is 13.2 Å². The summed E-state index contributed by atoms with van der Waals surface area (Å²) >= 11 is 0. The first-order valence-corrected chi connectivity index (χ1v) is 13.0. The quantitative estimate of drug-likeness (QED) is 0.334. The summed E-state index contributed by atoms with van der Waals surface area (Å²) in [7, 11) is 1.47. The molecule has 0 amide bonds. The van der Waals surface area contributed by atoms with Gasteiger partial charge in [-0.25, -0.2) is 0 Å². The van der Waals surface area contributed by atoms with Gasteiger partial charge in [0.1, 0.15) is 0 Å². The highest BCUT2D eigenvalue weighted by Gasteiger charge is 2.55. The van der Waals surface area contributed by atoms with E-state index in [0.717, 1.165) is 48.8 Å². The first-order chi connectivity index (χ1) is 17.6. The molecule has 194 valence electrons. The molecule has 3 aromatic carbocycles. The van der Waals surface area contributed by atoms with Crippen molar-refractivity contribution in [2.75, 3.05) is 7.11 Å². The van der Waals surface area contributed by atoms with Crippen LogP contribution in [-0.4, -0.2) is 13.1 Å². The van der Waals surface area contributed by atoms with Gasteiger partial charge < -0.3 is 4.74 Å². The minimum absolute atomic E-state index is 0.143. The topological polar surface area (TPSA) is 26.3 Å². The van der Waals surface area contributed by atoms with Crippen molar-refractivity contribution in [2.45, 2.75) is 64.0 Å². The lowest BCUT2D eigenvalue weighted by Gasteiger charge is -2.54. The molecule has 5 rings (SSSR count). The maximum atomic E-state index is 13.6. The lowest BCUT2D eigenvalue weighted by atomic mass is 9.49. The van der Waals surface area contributed by atoms with Gasteiger partial charge in [-0.05, 0) is 95.9 Å². The maximum absolute atomic E-state index is 13.6. The number of carbonyl (C=O) groups excluding carboxylic acids is 1. The summed E-state index contributed by atoms with van der Waals surface area (Å²) in [5, 5.41) is 0. The summed E-state index contributed by atoms with van der Waals surface area (Å²) in [6, 6.07) is 20.1. The Labute approximate surface area is 216 Å². The number of rotatable bonds is 4.